The molecule has 1 aliphatic heterocycles. The van der Waals surface area contributed by atoms with Gasteiger partial charge in [0.05, 0.1) is 45.9 Å². The molecule has 0 radical (unpaired) electrons. The van der Waals surface area contributed by atoms with Crippen LogP contribution in [0.1, 0.15) is 12.1 Å². The number of nitrogens with zero attached hydrogens (tertiary/aromatic N) is 5. The summed E-state index contributed by atoms with van der Waals surface area (Å²) in [4.78, 5) is 7.16. The van der Waals surface area contributed by atoms with Gasteiger partial charge in [0.25, 0.3) is 6.43 Å². The topological polar surface area (TPSA) is 129 Å². The highest BCUT2D eigenvalue weighted by molar-refractivity contribution is 7.88. The Bertz CT molecular complexity index is 1510. The highest BCUT2D eigenvalue weighted by Gasteiger charge is 2.35. The van der Waals surface area contributed by atoms with Gasteiger partial charge in [0, 0.05) is 18.8 Å². The predicted octanol–water partition coefficient (Wildman–Crippen LogP) is 2.74. The Kier molecular flexibility index (Phi) is 5.71. The number of hydrogen-bond acceptors (Lipinski definition) is 8. The fraction of sp³-hybridized carbons (Fsp3) is 0.389. The Labute approximate surface area is 198 Å². The highest BCUT2D eigenvalue weighted by Crippen LogP contribution is 2.48. The molecular formula is C18H17F4N7O4S2. The number of aromatic nitrogens is 6. The molecule has 1 atom stereocenters. The second-order valence-electron chi connectivity index (χ2n) is 7.75. The normalized spacial score (nSPS) is 16.3. The summed E-state index contributed by atoms with van der Waals surface area (Å²) < 4.78 is 93.1. The molecule has 1 aliphatic rings. The summed E-state index contributed by atoms with van der Waals surface area (Å²) in [6.07, 6.45) is -0.630. The largest absolute Gasteiger partial charge is 0.476 e. The van der Waals surface area contributed by atoms with Gasteiger partial charge in [0.1, 0.15) is 17.9 Å². The van der Waals surface area contributed by atoms with E-state index in [4.69, 9.17) is 4.74 Å². The van der Waals surface area contributed by atoms with Crippen LogP contribution in [0.3, 0.4) is 0 Å². The van der Waals surface area contributed by atoms with E-state index >= 15 is 0 Å². The van der Waals surface area contributed by atoms with Crippen LogP contribution < -0.4 is 14.2 Å². The lowest BCUT2D eigenvalue weighted by Gasteiger charge is -2.24. The molecule has 5 rings (SSSR count). The molecule has 35 heavy (non-hydrogen) atoms. The van der Waals surface area contributed by atoms with Crippen LogP contribution in [0.4, 0.5) is 17.6 Å². The molecule has 0 amide bonds. The number of thiazole rings is 1. The van der Waals surface area contributed by atoms with Gasteiger partial charge in [0.2, 0.25) is 21.8 Å². The van der Waals surface area contributed by atoms with Crippen LogP contribution in [0.2, 0.25) is 0 Å². The van der Waals surface area contributed by atoms with E-state index < -0.39 is 40.7 Å². The molecule has 4 aromatic heterocycles. The minimum absolute atomic E-state index is 0.0257. The Morgan fingerprint density at radius 3 is 2.74 bits per heavy atom. The number of ether oxygens (including phenoxy) is 2. The molecule has 188 valence electrons. The zero-order chi connectivity index (χ0) is 25.1. The number of rotatable bonds is 7. The molecule has 11 nitrogen and oxygen atoms in total. The van der Waals surface area contributed by atoms with Gasteiger partial charge in [-0.15, -0.1) is 16.4 Å². The minimum atomic E-state index is -3.58. The molecule has 17 heteroatoms. The molecule has 0 unspecified atom stereocenters. The lowest BCUT2D eigenvalue weighted by atomic mass is 10.0. The van der Waals surface area contributed by atoms with Crippen molar-refractivity contribution in [2.24, 2.45) is 7.05 Å². The summed E-state index contributed by atoms with van der Waals surface area (Å²) in [5.74, 6) is -0.418. The average Bonchev–Trinajstić information content (AvgIpc) is 3.47. The number of fused-ring (bicyclic) bond motifs is 2. The van der Waals surface area contributed by atoms with E-state index in [1.54, 1.807) is 0 Å². The molecule has 0 aromatic carbocycles. The van der Waals surface area contributed by atoms with Crippen molar-refractivity contribution in [2.75, 3.05) is 12.9 Å². The number of nitrogens with one attached hydrogen (secondary N) is 2. The zero-order valence-corrected chi connectivity index (χ0v) is 19.6. The molecule has 0 saturated carbocycles. The van der Waals surface area contributed by atoms with Gasteiger partial charge < -0.3 is 14.5 Å². The number of alkyl halides is 4. The first-order valence-electron chi connectivity index (χ1n) is 9.95. The van der Waals surface area contributed by atoms with Gasteiger partial charge in [-0.1, -0.05) is 0 Å². The standard InChI is InChI=1S/C18H17F4N7O4S2/c1-28-4-8(16(26-28)33-18(21)22)9-11(24-15-13(9)34-6-23-15)10-12(14(19)20)25-29-3-7(5-32-17(10)29)27-35(2,30)31/h4,6-7,14,18,24,27H,3,5H2,1-2H3/t7-/m0/s1. The summed E-state index contributed by atoms with van der Waals surface area (Å²) in [6, 6.07) is -0.728. The lowest BCUT2D eigenvalue weighted by molar-refractivity contribution is -0.0527. The SMILES string of the molecule is Cn1cc(-c2c(-c3c(C(F)F)nn4c3OC[C@@H](NS(C)(=O)=O)C4)[nH]c3ncsc23)c(OC(F)F)n1. The number of aromatic amines is 1. The van der Waals surface area contributed by atoms with Crippen molar-refractivity contribution < 1.29 is 35.5 Å². The maximum absolute atomic E-state index is 14.1. The predicted molar refractivity (Wildman–Crippen MR) is 116 cm³/mol. The fourth-order valence-electron chi connectivity index (χ4n) is 4.00. The number of aryl methyl sites for hydroxylation is 1. The first kappa shape index (κ1) is 23.6. The second kappa shape index (κ2) is 8.49. The first-order chi connectivity index (χ1) is 16.5. The third-order valence-electron chi connectivity index (χ3n) is 5.14. The Morgan fingerprint density at radius 2 is 2.06 bits per heavy atom. The molecule has 0 bridgehead atoms. The van der Waals surface area contributed by atoms with Gasteiger partial charge in [-0.05, 0) is 0 Å². The molecule has 2 N–H and O–H groups in total. The molecule has 0 aliphatic carbocycles. The van der Waals surface area contributed by atoms with Gasteiger partial charge in [0.15, 0.2) is 0 Å². The smallest absolute Gasteiger partial charge is 0.388 e. The van der Waals surface area contributed by atoms with Crippen molar-refractivity contribution in [3.8, 4) is 34.1 Å². The average molecular weight is 536 g/mol. The van der Waals surface area contributed by atoms with Gasteiger partial charge >= 0.3 is 6.61 Å². The Morgan fingerprint density at radius 1 is 1.29 bits per heavy atom. The lowest BCUT2D eigenvalue weighted by Crippen LogP contribution is -2.44. The second-order valence-corrected chi connectivity index (χ2v) is 10.4. The number of sulfonamides is 1. The maximum atomic E-state index is 14.1. The van der Waals surface area contributed by atoms with E-state index in [1.165, 1.54) is 34.8 Å². The van der Waals surface area contributed by atoms with E-state index in [2.05, 4.69) is 29.6 Å². The van der Waals surface area contributed by atoms with E-state index in [9.17, 15) is 26.0 Å². The summed E-state index contributed by atoms with van der Waals surface area (Å²) in [5.41, 5.74) is 1.63. The number of halogens is 4. The van der Waals surface area contributed by atoms with Crippen LogP contribution in [0.5, 0.6) is 11.8 Å². The van der Waals surface area contributed by atoms with Crippen LogP contribution in [-0.2, 0) is 23.6 Å². The summed E-state index contributed by atoms with van der Waals surface area (Å²) in [6.45, 7) is -3.35. The molecule has 0 saturated heterocycles. The minimum Gasteiger partial charge on any atom is -0.476 e. The van der Waals surface area contributed by atoms with Crippen molar-refractivity contribution in [3.05, 3.63) is 17.4 Å². The van der Waals surface area contributed by atoms with Gasteiger partial charge in [-0.25, -0.2) is 31.6 Å². The van der Waals surface area contributed by atoms with Gasteiger partial charge in [-0.3, -0.25) is 4.68 Å². The van der Waals surface area contributed by atoms with Crippen LogP contribution >= 0.6 is 11.3 Å². The zero-order valence-electron chi connectivity index (χ0n) is 18.0. The molecule has 0 spiro atoms. The number of H-pyrrole nitrogens is 1. The first-order valence-corrected chi connectivity index (χ1v) is 12.7. The van der Waals surface area contributed by atoms with E-state index in [0.29, 0.717) is 10.3 Å². The van der Waals surface area contributed by atoms with Crippen LogP contribution in [0.25, 0.3) is 32.7 Å². The molecule has 5 heterocycles. The highest BCUT2D eigenvalue weighted by atomic mass is 32.2. The summed E-state index contributed by atoms with van der Waals surface area (Å²) in [7, 11) is -2.08. The van der Waals surface area contributed by atoms with Crippen LogP contribution in [0.15, 0.2) is 11.7 Å². The van der Waals surface area contributed by atoms with Crippen molar-refractivity contribution >= 4 is 31.7 Å². The van der Waals surface area contributed by atoms with Crippen molar-refractivity contribution in [3.63, 3.8) is 0 Å². The Balaban J connectivity index is 1.70. The van der Waals surface area contributed by atoms with Crippen LogP contribution in [0, 0.1) is 0 Å². The number of hydrogen-bond donors (Lipinski definition) is 2. The Hall–Kier alpha value is -3.18. The van der Waals surface area contributed by atoms with Crippen molar-refractivity contribution in [1.29, 1.82) is 0 Å². The van der Waals surface area contributed by atoms with Gasteiger partial charge in [-0.2, -0.15) is 13.9 Å². The third kappa shape index (κ3) is 4.34. The summed E-state index contributed by atoms with van der Waals surface area (Å²) >= 11 is 1.17. The van der Waals surface area contributed by atoms with E-state index in [1.807, 2.05) is 0 Å². The molecule has 4 aromatic rings. The molecular weight excluding hydrogens is 518 g/mol. The van der Waals surface area contributed by atoms with Crippen molar-refractivity contribution in [1.82, 2.24) is 34.3 Å². The van der Waals surface area contributed by atoms with Crippen LogP contribution in [-0.4, -0.2) is 63.5 Å². The maximum Gasteiger partial charge on any atom is 0.388 e. The monoisotopic (exact) mass is 535 g/mol. The summed E-state index contributed by atoms with van der Waals surface area (Å²) in [5, 5.41) is 7.90. The van der Waals surface area contributed by atoms with E-state index in [-0.39, 0.29) is 41.4 Å². The third-order valence-corrected chi connectivity index (χ3v) is 6.74. The molecule has 0 fully saturated rings. The van der Waals surface area contributed by atoms with Crippen molar-refractivity contribution in [2.45, 2.75) is 25.6 Å². The quantitative estimate of drug-likeness (QED) is 0.348. The fourth-order valence-corrected chi connectivity index (χ4v) is 5.56. The van der Waals surface area contributed by atoms with E-state index in [0.717, 1.165) is 10.9 Å².